The molecule has 1 amide bonds. The second-order valence-electron chi connectivity index (χ2n) is 5.83. The normalized spacial score (nSPS) is 10.5. The second-order valence-corrected chi connectivity index (χ2v) is 5.83. The molecule has 0 atom stereocenters. The number of nitrogens with zero attached hydrogens (tertiary/aromatic N) is 2. The molecule has 3 rings (SSSR count). The van der Waals surface area contributed by atoms with Crippen molar-refractivity contribution in [3.8, 4) is 11.3 Å². The Bertz CT molecular complexity index is 937. The smallest absolute Gasteiger partial charge is 0.254 e. The molecule has 0 bridgehead atoms. The van der Waals surface area contributed by atoms with Crippen LogP contribution in [0.2, 0.25) is 0 Å². The lowest BCUT2D eigenvalue weighted by molar-refractivity contribution is -0.121. The van der Waals surface area contributed by atoms with Gasteiger partial charge in [0.15, 0.2) is 0 Å². The van der Waals surface area contributed by atoms with Crippen molar-refractivity contribution in [3.05, 3.63) is 88.7 Å². The predicted molar refractivity (Wildman–Crippen MR) is 97.0 cm³/mol. The molecule has 3 aromatic rings. The highest BCUT2D eigenvalue weighted by atomic mass is 19.1. The van der Waals surface area contributed by atoms with Crippen molar-refractivity contribution in [3.63, 3.8) is 0 Å². The van der Waals surface area contributed by atoms with E-state index in [0.29, 0.717) is 17.8 Å². The molecular weight excluding hydrogens is 333 g/mol. The van der Waals surface area contributed by atoms with E-state index < -0.39 is 0 Å². The maximum atomic E-state index is 13.0. The fraction of sp³-hybridized carbons (Fsp3) is 0.150. The monoisotopic (exact) mass is 351 g/mol. The van der Waals surface area contributed by atoms with Crippen LogP contribution in [0.25, 0.3) is 11.3 Å². The summed E-state index contributed by atoms with van der Waals surface area (Å²) in [4.78, 5) is 28.4. The highest BCUT2D eigenvalue weighted by Crippen LogP contribution is 2.14. The third-order valence-electron chi connectivity index (χ3n) is 3.91. The van der Waals surface area contributed by atoms with Crippen molar-refractivity contribution in [2.24, 2.45) is 0 Å². The van der Waals surface area contributed by atoms with Crippen LogP contribution in [0.1, 0.15) is 5.56 Å². The first-order chi connectivity index (χ1) is 12.6. The van der Waals surface area contributed by atoms with Crippen molar-refractivity contribution >= 4 is 5.91 Å². The number of hydrogen-bond donors (Lipinski definition) is 1. The van der Waals surface area contributed by atoms with E-state index in [1.807, 2.05) is 30.3 Å². The van der Waals surface area contributed by atoms with Crippen LogP contribution in [0, 0.1) is 5.82 Å². The Hall–Kier alpha value is -3.28. The van der Waals surface area contributed by atoms with E-state index in [1.54, 1.807) is 12.1 Å². The van der Waals surface area contributed by atoms with Gasteiger partial charge in [0, 0.05) is 18.2 Å². The minimum Gasteiger partial charge on any atom is -0.354 e. The summed E-state index contributed by atoms with van der Waals surface area (Å²) in [6.07, 6.45) is 2.06. The molecule has 1 aromatic heterocycles. The predicted octanol–water partition coefficient (Wildman–Crippen LogP) is 2.41. The Balaban J connectivity index is 1.58. The molecule has 6 heteroatoms. The zero-order valence-electron chi connectivity index (χ0n) is 14.1. The van der Waals surface area contributed by atoms with Crippen molar-refractivity contribution in [1.29, 1.82) is 0 Å². The van der Waals surface area contributed by atoms with E-state index in [1.165, 1.54) is 29.1 Å². The number of nitrogens with one attached hydrogen (secondary N) is 1. The standard InChI is InChI=1S/C20H18FN3O2/c21-17-8-6-16(7-9-17)18-12-20(26)24(14-23-18)13-19(25)22-11-10-15-4-2-1-3-5-15/h1-9,12,14H,10-11,13H2,(H,22,25). The van der Waals surface area contributed by atoms with E-state index in [-0.39, 0.29) is 23.8 Å². The van der Waals surface area contributed by atoms with Crippen LogP contribution in [0.4, 0.5) is 4.39 Å². The Morgan fingerprint density at radius 1 is 1.08 bits per heavy atom. The highest BCUT2D eigenvalue weighted by Gasteiger charge is 2.07. The molecule has 0 saturated carbocycles. The molecule has 0 fully saturated rings. The minimum atomic E-state index is -0.353. The first-order valence-corrected chi connectivity index (χ1v) is 8.25. The maximum absolute atomic E-state index is 13.0. The molecule has 1 heterocycles. The zero-order chi connectivity index (χ0) is 18.4. The van der Waals surface area contributed by atoms with Crippen molar-refractivity contribution in [2.45, 2.75) is 13.0 Å². The van der Waals surface area contributed by atoms with E-state index in [4.69, 9.17) is 0 Å². The molecule has 0 aliphatic heterocycles. The van der Waals surface area contributed by atoms with Crippen molar-refractivity contribution in [2.75, 3.05) is 6.54 Å². The van der Waals surface area contributed by atoms with E-state index in [9.17, 15) is 14.0 Å². The van der Waals surface area contributed by atoms with Gasteiger partial charge in [0.2, 0.25) is 5.91 Å². The topological polar surface area (TPSA) is 64.0 Å². The molecule has 0 aliphatic carbocycles. The second kappa shape index (κ2) is 8.20. The first-order valence-electron chi connectivity index (χ1n) is 8.25. The maximum Gasteiger partial charge on any atom is 0.254 e. The molecule has 0 saturated heterocycles. The summed E-state index contributed by atoms with van der Waals surface area (Å²) >= 11 is 0. The van der Waals surface area contributed by atoms with Crippen LogP contribution < -0.4 is 10.9 Å². The number of amides is 1. The van der Waals surface area contributed by atoms with Gasteiger partial charge >= 0.3 is 0 Å². The molecule has 2 aromatic carbocycles. The van der Waals surface area contributed by atoms with Gasteiger partial charge in [-0.25, -0.2) is 9.37 Å². The Morgan fingerprint density at radius 2 is 1.81 bits per heavy atom. The van der Waals surface area contributed by atoms with Crippen LogP contribution in [0.3, 0.4) is 0 Å². The van der Waals surface area contributed by atoms with Crippen molar-refractivity contribution < 1.29 is 9.18 Å². The lowest BCUT2D eigenvalue weighted by Gasteiger charge is -2.08. The van der Waals surface area contributed by atoms with Gasteiger partial charge in [-0.15, -0.1) is 0 Å². The highest BCUT2D eigenvalue weighted by molar-refractivity contribution is 5.75. The van der Waals surface area contributed by atoms with Crippen LogP contribution in [0.5, 0.6) is 0 Å². The summed E-state index contributed by atoms with van der Waals surface area (Å²) < 4.78 is 14.2. The average Bonchev–Trinajstić information content (AvgIpc) is 2.65. The largest absolute Gasteiger partial charge is 0.354 e. The number of carbonyl (C=O) groups excluding carboxylic acids is 1. The fourth-order valence-corrected chi connectivity index (χ4v) is 2.52. The molecule has 0 aliphatic rings. The molecule has 132 valence electrons. The van der Waals surface area contributed by atoms with Gasteiger partial charge in [0.1, 0.15) is 12.4 Å². The SMILES string of the molecule is O=C(Cn1cnc(-c2ccc(F)cc2)cc1=O)NCCc1ccccc1. The summed E-state index contributed by atoms with van der Waals surface area (Å²) in [6.45, 7) is 0.406. The molecule has 0 radical (unpaired) electrons. The number of benzene rings is 2. The summed E-state index contributed by atoms with van der Waals surface area (Å²) in [7, 11) is 0. The Labute approximate surface area is 150 Å². The van der Waals surface area contributed by atoms with Gasteiger partial charge in [0.25, 0.3) is 5.56 Å². The minimum absolute atomic E-state index is 0.0929. The van der Waals surface area contributed by atoms with Crippen LogP contribution >= 0.6 is 0 Å². The van der Waals surface area contributed by atoms with E-state index in [0.717, 1.165) is 12.0 Å². The third-order valence-corrected chi connectivity index (χ3v) is 3.91. The molecule has 1 N–H and O–H groups in total. The molecule has 0 unspecified atom stereocenters. The Kier molecular flexibility index (Phi) is 5.53. The molecule has 26 heavy (non-hydrogen) atoms. The summed E-state index contributed by atoms with van der Waals surface area (Å²) in [5.74, 6) is -0.603. The van der Waals surface area contributed by atoms with E-state index in [2.05, 4.69) is 10.3 Å². The van der Waals surface area contributed by atoms with Gasteiger partial charge in [-0.2, -0.15) is 0 Å². The molecular formula is C20H18FN3O2. The lowest BCUT2D eigenvalue weighted by atomic mass is 10.1. The Morgan fingerprint density at radius 3 is 2.50 bits per heavy atom. The molecule has 5 nitrogen and oxygen atoms in total. The number of aromatic nitrogens is 2. The quantitative estimate of drug-likeness (QED) is 0.742. The van der Waals surface area contributed by atoms with Gasteiger partial charge in [-0.1, -0.05) is 30.3 Å². The van der Waals surface area contributed by atoms with Crippen LogP contribution in [0.15, 0.2) is 71.8 Å². The summed E-state index contributed by atoms with van der Waals surface area (Å²) in [5, 5.41) is 2.79. The average molecular weight is 351 g/mol. The summed E-state index contributed by atoms with van der Waals surface area (Å²) in [6, 6.07) is 16.9. The fourth-order valence-electron chi connectivity index (χ4n) is 2.52. The van der Waals surface area contributed by atoms with Gasteiger partial charge in [-0.05, 0) is 36.2 Å². The number of rotatable bonds is 6. The zero-order valence-corrected chi connectivity index (χ0v) is 14.1. The lowest BCUT2D eigenvalue weighted by Crippen LogP contribution is -2.33. The van der Waals surface area contributed by atoms with E-state index >= 15 is 0 Å². The van der Waals surface area contributed by atoms with Gasteiger partial charge in [-0.3, -0.25) is 14.2 Å². The number of hydrogen-bond acceptors (Lipinski definition) is 3. The van der Waals surface area contributed by atoms with Gasteiger partial charge in [0.05, 0.1) is 12.0 Å². The van der Waals surface area contributed by atoms with Gasteiger partial charge < -0.3 is 5.32 Å². The van der Waals surface area contributed by atoms with Crippen molar-refractivity contribution in [1.82, 2.24) is 14.9 Å². The van der Waals surface area contributed by atoms with Crippen LogP contribution in [-0.2, 0) is 17.8 Å². The number of carbonyl (C=O) groups is 1. The third kappa shape index (κ3) is 4.63. The summed E-state index contributed by atoms with van der Waals surface area (Å²) in [5.41, 5.74) is 1.88. The van der Waals surface area contributed by atoms with Crippen LogP contribution in [-0.4, -0.2) is 22.0 Å². The number of halogens is 1. The first kappa shape index (κ1) is 17.5. The molecule has 0 spiro atoms.